The van der Waals surface area contributed by atoms with E-state index in [1.54, 1.807) is 37.5 Å². The molecule has 2 amide bonds. The Hall–Kier alpha value is -2.82. The molecule has 2 rings (SSSR count). The van der Waals surface area contributed by atoms with Crippen molar-refractivity contribution in [2.45, 2.75) is 102 Å². The molecule has 11 heteroatoms. The molecule has 0 N–H and O–H groups in total. The molecule has 0 bridgehead atoms. The van der Waals surface area contributed by atoms with E-state index in [9.17, 15) is 24.5 Å². The van der Waals surface area contributed by atoms with Gasteiger partial charge in [0.25, 0.3) is 5.70 Å². The van der Waals surface area contributed by atoms with Gasteiger partial charge in [-0.1, -0.05) is 19.4 Å². The lowest BCUT2D eigenvalue weighted by Gasteiger charge is -2.41. The maximum absolute atomic E-state index is 13.7. The standard InChI is InChI=1S/C28H43N3O7S/c1-9-23(39-28(25(33)37-8)14-10-11-15-28)22(31(35)36)17-20(4)24(32)30(19(2)3)21-13-12-16-29(18-21)26(34)38-27(5,6)7/h9,17,19,21H,1,10-16,18H2,2-8H3/b20-17+,23-22-/t21-/m1/s1. The number of nitro groups is 1. The van der Waals surface area contributed by atoms with Gasteiger partial charge in [0.05, 0.1) is 23.0 Å². The predicted octanol–water partition coefficient (Wildman–Crippen LogP) is 5.46. The molecule has 0 unspecified atom stereocenters. The van der Waals surface area contributed by atoms with Crippen LogP contribution in [0.5, 0.6) is 0 Å². The number of likely N-dealkylation sites (tertiary alicyclic amines) is 1. The summed E-state index contributed by atoms with van der Waals surface area (Å²) in [7, 11) is 1.31. The summed E-state index contributed by atoms with van der Waals surface area (Å²) in [6, 6.07) is -0.471. The lowest BCUT2D eigenvalue weighted by molar-refractivity contribution is -0.419. The molecule has 2 aliphatic rings. The van der Waals surface area contributed by atoms with Crippen LogP contribution < -0.4 is 0 Å². The number of carbonyl (C=O) groups is 3. The first-order chi connectivity index (χ1) is 18.2. The number of ether oxygens (including phenoxy) is 2. The van der Waals surface area contributed by atoms with Crippen molar-refractivity contribution in [1.29, 1.82) is 0 Å². The van der Waals surface area contributed by atoms with Crippen molar-refractivity contribution in [2.24, 2.45) is 0 Å². The molecule has 0 spiro atoms. The summed E-state index contributed by atoms with van der Waals surface area (Å²) >= 11 is 1.09. The average molecular weight is 566 g/mol. The van der Waals surface area contributed by atoms with Gasteiger partial charge in [-0.25, -0.2) is 4.79 Å². The van der Waals surface area contributed by atoms with Gasteiger partial charge in [0.1, 0.15) is 10.3 Å². The van der Waals surface area contributed by atoms with Crippen LogP contribution in [0.25, 0.3) is 0 Å². The Bertz CT molecular complexity index is 1020. The van der Waals surface area contributed by atoms with Gasteiger partial charge in [-0.05, 0) is 73.3 Å². The van der Waals surface area contributed by atoms with Crippen molar-refractivity contribution >= 4 is 29.7 Å². The number of thioether (sulfide) groups is 1. The van der Waals surface area contributed by atoms with Gasteiger partial charge in [-0.3, -0.25) is 19.7 Å². The third-order valence-corrected chi connectivity index (χ3v) is 8.39. The lowest BCUT2D eigenvalue weighted by atomic mass is 10.0. The van der Waals surface area contributed by atoms with Crippen LogP contribution in [0.2, 0.25) is 0 Å². The van der Waals surface area contributed by atoms with Crippen LogP contribution in [0.4, 0.5) is 4.79 Å². The second kappa shape index (κ2) is 13.5. The van der Waals surface area contributed by atoms with Gasteiger partial charge >= 0.3 is 12.1 Å². The van der Waals surface area contributed by atoms with Crippen LogP contribution in [-0.4, -0.2) is 75.3 Å². The fourth-order valence-corrected chi connectivity index (χ4v) is 6.47. The Morgan fingerprint density at radius 1 is 1.21 bits per heavy atom. The number of allylic oxidation sites excluding steroid dienone is 2. The van der Waals surface area contributed by atoms with E-state index in [1.165, 1.54) is 19.3 Å². The Kier molecular flexibility index (Phi) is 11.2. The SMILES string of the molecule is C=C/C(SC1(C(=O)OC)CCCC1)=C(\C=C(/C)C(=O)N(C(C)C)[C@@H]1CCCN(C(=O)OC(C)(C)C)C1)[N+](=O)[O-]. The number of hydrogen-bond acceptors (Lipinski definition) is 8. The largest absolute Gasteiger partial charge is 0.468 e. The number of hydrogen-bond donors (Lipinski definition) is 0. The van der Waals surface area contributed by atoms with Gasteiger partial charge < -0.3 is 19.3 Å². The van der Waals surface area contributed by atoms with E-state index >= 15 is 0 Å². The quantitative estimate of drug-likeness (QED) is 0.119. The number of rotatable bonds is 9. The van der Waals surface area contributed by atoms with E-state index in [2.05, 4.69) is 6.58 Å². The maximum atomic E-state index is 13.7. The molecule has 1 aliphatic heterocycles. The molecule has 218 valence electrons. The molecule has 1 aliphatic carbocycles. The van der Waals surface area contributed by atoms with Crippen LogP contribution in [-0.2, 0) is 19.1 Å². The third-order valence-electron chi connectivity index (χ3n) is 6.83. The fourth-order valence-electron chi connectivity index (χ4n) is 5.07. The summed E-state index contributed by atoms with van der Waals surface area (Å²) in [5.74, 6) is -0.765. The van der Waals surface area contributed by atoms with E-state index in [-0.39, 0.29) is 34.2 Å². The van der Waals surface area contributed by atoms with Gasteiger partial charge in [0, 0.05) is 30.8 Å². The van der Waals surface area contributed by atoms with Crippen molar-refractivity contribution in [3.8, 4) is 0 Å². The minimum atomic E-state index is -0.914. The molecule has 1 saturated carbocycles. The molecule has 0 aromatic carbocycles. The molecule has 1 heterocycles. The Morgan fingerprint density at radius 3 is 2.31 bits per heavy atom. The average Bonchev–Trinajstić information content (AvgIpc) is 3.34. The van der Waals surface area contributed by atoms with E-state index in [4.69, 9.17) is 9.47 Å². The number of methoxy groups -OCH3 is 1. The van der Waals surface area contributed by atoms with Crippen LogP contribution >= 0.6 is 11.8 Å². The molecule has 0 radical (unpaired) electrons. The van der Waals surface area contributed by atoms with Crippen LogP contribution in [0.15, 0.2) is 34.9 Å². The number of carbonyl (C=O) groups excluding carboxylic acids is 3. The summed E-state index contributed by atoms with van der Waals surface area (Å²) in [5, 5.41) is 12.2. The van der Waals surface area contributed by atoms with Gasteiger partial charge in [-0.15, -0.1) is 11.8 Å². The van der Waals surface area contributed by atoms with Crippen molar-refractivity contribution < 1.29 is 28.8 Å². The lowest BCUT2D eigenvalue weighted by Crippen LogP contribution is -2.54. The monoisotopic (exact) mass is 565 g/mol. The zero-order chi connectivity index (χ0) is 29.5. The highest BCUT2D eigenvalue weighted by molar-refractivity contribution is 8.05. The number of piperidine rings is 1. The summed E-state index contributed by atoms with van der Waals surface area (Å²) in [6.07, 6.45) is 6.33. The third kappa shape index (κ3) is 8.33. The van der Waals surface area contributed by atoms with Crippen molar-refractivity contribution in [3.05, 3.63) is 45.0 Å². The first-order valence-corrected chi connectivity index (χ1v) is 14.2. The van der Waals surface area contributed by atoms with E-state index in [1.807, 2.05) is 13.8 Å². The van der Waals surface area contributed by atoms with Crippen LogP contribution in [0.3, 0.4) is 0 Å². The molecule has 39 heavy (non-hydrogen) atoms. The molecular formula is C28H43N3O7S. The zero-order valence-corrected chi connectivity index (χ0v) is 25.1. The Morgan fingerprint density at radius 2 is 1.82 bits per heavy atom. The number of amides is 2. The molecular weight excluding hydrogens is 522 g/mol. The van der Waals surface area contributed by atoms with Crippen LogP contribution in [0, 0.1) is 10.1 Å². The molecule has 2 fully saturated rings. The maximum Gasteiger partial charge on any atom is 0.410 e. The zero-order valence-electron chi connectivity index (χ0n) is 24.3. The Balaban J connectivity index is 2.37. The van der Waals surface area contributed by atoms with Crippen LogP contribution in [0.1, 0.15) is 80.1 Å². The Labute approximate surface area is 236 Å². The normalized spacial score (nSPS) is 20.3. The highest BCUT2D eigenvalue weighted by Gasteiger charge is 2.45. The number of nitrogens with zero attached hydrogens (tertiary/aromatic N) is 3. The summed E-state index contributed by atoms with van der Waals surface area (Å²) < 4.78 is 9.63. The van der Waals surface area contributed by atoms with E-state index < -0.39 is 27.3 Å². The number of esters is 1. The van der Waals surface area contributed by atoms with Gasteiger partial charge in [0.2, 0.25) is 5.91 Å². The highest BCUT2D eigenvalue weighted by atomic mass is 32.2. The summed E-state index contributed by atoms with van der Waals surface area (Å²) in [5.41, 5.74) is -0.740. The minimum absolute atomic E-state index is 0.184. The van der Waals surface area contributed by atoms with Gasteiger partial charge in [0.15, 0.2) is 0 Å². The first-order valence-electron chi connectivity index (χ1n) is 13.4. The second-order valence-electron chi connectivity index (χ2n) is 11.4. The van der Waals surface area contributed by atoms with Gasteiger partial charge in [-0.2, -0.15) is 0 Å². The molecule has 0 aromatic rings. The van der Waals surface area contributed by atoms with Crippen molar-refractivity contribution in [1.82, 2.24) is 9.80 Å². The molecule has 1 atom stereocenters. The predicted molar refractivity (Wildman–Crippen MR) is 152 cm³/mol. The molecule has 0 aromatic heterocycles. The second-order valence-corrected chi connectivity index (χ2v) is 12.8. The van der Waals surface area contributed by atoms with Crippen molar-refractivity contribution in [3.63, 3.8) is 0 Å². The molecule has 1 saturated heterocycles. The fraction of sp³-hybridized carbons (Fsp3) is 0.679. The summed E-state index contributed by atoms with van der Waals surface area (Å²) in [4.78, 5) is 54.1. The minimum Gasteiger partial charge on any atom is -0.468 e. The van der Waals surface area contributed by atoms with E-state index in [0.717, 1.165) is 24.6 Å². The highest BCUT2D eigenvalue weighted by Crippen LogP contribution is 2.47. The van der Waals surface area contributed by atoms with Crippen molar-refractivity contribution in [2.75, 3.05) is 20.2 Å². The smallest absolute Gasteiger partial charge is 0.410 e. The topological polar surface area (TPSA) is 119 Å². The molecule has 10 nitrogen and oxygen atoms in total. The van der Waals surface area contributed by atoms with E-state index in [0.29, 0.717) is 38.8 Å². The summed E-state index contributed by atoms with van der Waals surface area (Å²) in [6.45, 7) is 15.3. The first kappa shape index (κ1) is 32.4.